The molecule has 3 heterocycles. The molecule has 1 amide bonds. The Morgan fingerprint density at radius 3 is 2.54 bits per heavy atom. The van der Waals surface area contributed by atoms with Gasteiger partial charge in [0.1, 0.15) is 23.1 Å². The fraction of sp³-hybridized carbons (Fsp3) is 0.290. The maximum absolute atomic E-state index is 15.8. The second-order valence-electron chi connectivity index (χ2n) is 10.7. The van der Waals surface area contributed by atoms with Crippen molar-refractivity contribution in [2.24, 2.45) is 0 Å². The van der Waals surface area contributed by atoms with Crippen molar-refractivity contribution in [3.8, 4) is 16.9 Å². The molecule has 1 atom stereocenters. The number of hydrogen-bond acceptors (Lipinski definition) is 6. The molecule has 0 aliphatic carbocycles. The summed E-state index contributed by atoms with van der Waals surface area (Å²) in [5.74, 6) is -1.37. The van der Waals surface area contributed by atoms with Crippen LogP contribution in [-0.4, -0.2) is 51.0 Å². The van der Waals surface area contributed by atoms with Crippen LogP contribution in [0.3, 0.4) is 0 Å². The number of rotatable bonds is 5. The number of aryl methyl sites for hydroxylation is 1. The maximum Gasteiger partial charge on any atom is 0.355 e. The minimum absolute atomic E-state index is 0.0523. The van der Waals surface area contributed by atoms with Gasteiger partial charge in [-0.2, -0.15) is 4.98 Å². The number of halogens is 2. The molecule has 1 aliphatic rings. The number of anilines is 2. The number of fused-ring (bicyclic) bond motifs is 1. The standard InChI is InChI=1S/C31H32F2N6O2/c1-6-26(40)37-12-13-38(19(5)16-37)29-23-15-25(33)27(22-11-10-20(34)14-24(22)32)35-30(23)39(31(41)36-29)28-18(4)8-7-9-21(28)17(2)3/h6-11,14-15,17,19H,1,12-13,16,34H2,2-5H3. The highest BCUT2D eigenvalue weighted by Crippen LogP contribution is 2.34. The van der Waals surface area contributed by atoms with Crippen LogP contribution >= 0.6 is 0 Å². The summed E-state index contributed by atoms with van der Waals surface area (Å²) in [4.78, 5) is 38.8. The minimum Gasteiger partial charge on any atom is -0.399 e. The number of nitrogens with zero attached hydrogens (tertiary/aromatic N) is 5. The number of nitrogen functional groups attached to an aromatic ring is 1. The van der Waals surface area contributed by atoms with Crippen LogP contribution < -0.4 is 16.3 Å². The Labute approximate surface area is 236 Å². The molecule has 5 rings (SSSR count). The van der Waals surface area contributed by atoms with E-state index in [1.165, 1.54) is 28.8 Å². The quantitative estimate of drug-likeness (QED) is 0.275. The summed E-state index contributed by atoms with van der Waals surface area (Å²) in [6.45, 7) is 12.5. The largest absolute Gasteiger partial charge is 0.399 e. The van der Waals surface area contributed by atoms with Crippen molar-refractivity contribution in [2.45, 2.75) is 39.7 Å². The average Bonchev–Trinajstić information content (AvgIpc) is 2.93. The smallest absolute Gasteiger partial charge is 0.355 e. The third-order valence-electron chi connectivity index (χ3n) is 7.55. The van der Waals surface area contributed by atoms with Gasteiger partial charge in [0.25, 0.3) is 0 Å². The first kappa shape index (κ1) is 27.9. The van der Waals surface area contributed by atoms with E-state index >= 15 is 4.39 Å². The van der Waals surface area contributed by atoms with Crippen molar-refractivity contribution in [2.75, 3.05) is 30.3 Å². The van der Waals surface area contributed by atoms with E-state index in [1.54, 1.807) is 4.90 Å². The second-order valence-corrected chi connectivity index (χ2v) is 10.7. The molecular weight excluding hydrogens is 526 g/mol. The predicted octanol–water partition coefficient (Wildman–Crippen LogP) is 4.96. The topological polar surface area (TPSA) is 97.4 Å². The van der Waals surface area contributed by atoms with Crippen molar-refractivity contribution in [1.82, 2.24) is 19.4 Å². The van der Waals surface area contributed by atoms with Crippen LogP contribution in [0.1, 0.15) is 37.8 Å². The Morgan fingerprint density at radius 1 is 1.12 bits per heavy atom. The zero-order chi connectivity index (χ0) is 29.6. The molecule has 1 saturated heterocycles. The van der Waals surface area contributed by atoms with Crippen molar-refractivity contribution < 1.29 is 13.6 Å². The molecule has 1 fully saturated rings. The highest BCUT2D eigenvalue weighted by atomic mass is 19.1. The van der Waals surface area contributed by atoms with Crippen LogP contribution in [0.15, 0.2) is 59.9 Å². The van der Waals surface area contributed by atoms with Crippen molar-refractivity contribution >= 4 is 28.4 Å². The van der Waals surface area contributed by atoms with Gasteiger partial charge in [0, 0.05) is 36.9 Å². The summed E-state index contributed by atoms with van der Waals surface area (Å²) in [6, 6.07) is 10.7. The monoisotopic (exact) mass is 558 g/mol. The minimum atomic E-state index is -0.767. The van der Waals surface area contributed by atoms with E-state index in [0.29, 0.717) is 30.7 Å². The lowest BCUT2D eigenvalue weighted by Crippen LogP contribution is -2.54. The van der Waals surface area contributed by atoms with Gasteiger partial charge >= 0.3 is 5.69 Å². The molecule has 0 saturated carbocycles. The van der Waals surface area contributed by atoms with Crippen LogP contribution in [0.2, 0.25) is 0 Å². The zero-order valence-corrected chi connectivity index (χ0v) is 23.5. The molecule has 0 bridgehead atoms. The number of aromatic nitrogens is 3. The first-order chi connectivity index (χ1) is 19.5. The molecule has 8 nitrogen and oxygen atoms in total. The summed E-state index contributed by atoms with van der Waals surface area (Å²) in [5, 5.41) is 0.301. The molecule has 1 aliphatic heterocycles. The van der Waals surface area contributed by atoms with E-state index in [1.807, 2.05) is 50.8 Å². The fourth-order valence-electron chi connectivity index (χ4n) is 5.49. The van der Waals surface area contributed by atoms with Crippen LogP contribution in [0.4, 0.5) is 20.3 Å². The highest BCUT2D eigenvalue weighted by Gasteiger charge is 2.30. The lowest BCUT2D eigenvalue weighted by molar-refractivity contribution is -0.126. The third kappa shape index (κ3) is 4.94. The number of benzene rings is 2. The molecule has 10 heteroatoms. The van der Waals surface area contributed by atoms with E-state index in [2.05, 4.69) is 16.5 Å². The lowest BCUT2D eigenvalue weighted by Gasteiger charge is -2.40. The molecule has 212 valence electrons. The number of amides is 1. The van der Waals surface area contributed by atoms with Gasteiger partial charge in [-0.25, -0.2) is 23.1 Å². The van der Waals surface area contributed by atoms with Crippen molar-refractivity contribution in [3.05, 3.63) is 88.4 Å². The number of piperazine rings is 1. The maximum atomic E-state index is 15.8. The number of carbonyl (C=O) groups excluding carboxylic acids is 1. The van der Waals surface area contributed by atoms with Crippen molar-refractivity contribution in [1.29, 1.82) is 0 Å². The van der Waals surface area contributed by atoms with Gasteiger partial charge in [-0.3, -0.25) is 4.79 Å². The number of pyridine rings is 1. The normalized spacial score (nSPS) is 15.5. The summed E-state index contributed by atoms with van der Waals surface area (Å²) in [7, 11) is 0. The molecule has 4 aromatic rings. The second kappa shape index (κ2) is 10.8. The number of nitrogens with two attached hydrogens (primary N) is 1. The molecule has 0 radical (unpaired) electrons. The van der Waals surface area contributed by atoms with E-state index in [0.717, 1.165) is 17.2 Å². The Morgan fingerprint density at radius 2 is 1.88 bits per heavy atom. The molecule has 1 unspecified atom stereocenters. The van der Waals surface area contributed by atoms with Gasteiger partial charge in [0.15, 0.2) is 5.65 Å². The zero-order valence-electron chi connectivity index (χ0n) is 23.5. The van der Waals surface area contributed by atoms with Crippen LogP contribution in [-0.2, 0) is 4.79 Å². The van der Waals surface area contributed by atoms with Gasteiger partial charge in [0.2, 0.25) is 5.91 Å². The highest BCUT2D eigenvalue weighted by molar-refractivity contribution is 5.91. The van der Waals surface area contributed by atoms with Gasteiger partial charge in [-0.15, -0.1) is 0 Å². The first-order valence-electron chi connectivity index (χ1n) is 13.5. The third-order valence-corrected chi connectivity index (χ3v) is 7.55. The molecular formula is C31H32F2N6O2. The molecule has 2 aromatic heterocycles. The van der Waals surface area contributed by atoms with Crippen LogP contribution in [0, 0.1) is 18.6 Å². The van der Waals surface area contributed by atoms with Gasteiger partial charge in [-0.1, -0.05) is 38.6 Å². The first-order valence-corrected chi connectivity index (χ1v) is 13.5. The molecule has 2 N–H and O–H groups in total. The average molecular weight is 559 g/mol. The molecule has 0 spiro atoms. The number of hydrogen-bond donors (Lipinski definition) is 1. The fourth-order valence-corrected chi connectivity index (χ4v) is 5.49. The lowest BCUT2D eigenvalue weighted by atomic mass is 9.98. The molecule has 41 heavy (non-hydrogen) atoms. The SMILES string of the molecule is C=CC(=O)N1CCN(c2nc(=O)n(-c3c(C)cccc3C(C)C)c3nc(-c4ccc(N)cc4F)c(F)cc23)C(C)C1. The number of carbonyl (C=O) groups is 1. The van der Waals surface area contributed by atoms with E-state index in [9.17, 15) is 14.0 Å². The van der Waals surface area contributed by atoms with E-state index in [4.69, 9.17) is 5.73 Å². The Kier molecular flexibility index (Phi) is 7.33. The van der Waals surface area contributed by atoms with Gasteiger partial charge in [-0.05, 0) is 61.2 Å². The van der Waals surface area contributed by atoms with Gasteiger partial charge < -0.3 is 15.5 Å². The van der Waals surface area contributed by atoms with Crippen molar-refractivity contribution in [3.63, 3.8) is 0 Å². The molecule has 2 aromatic carbocycles. The number of para-hydroxylation sites is 1. The summed E-state index contributed by atoms with van der Waals surface area (Å²) >= 11 is 0. The van der Waals surface area contributed by atoms with E-state index < -0.39 is 17.3 Å². The Bertz CT molecular complexity index is 1750. The van der Waals surface area contributed by atoms with Crippen LogP contribution in [0.5, 0.6) is 0 Å². The Balaban J connectivity index is 1.82. The Hall–Kier alpha value is -4.60. The predicted molar refractivity (Wildman–Crippen MR) is 157 cm³/mol. The summed E-state index contributed by atoms with van der Waals surface area (Å²) in [6.07, 6.45) is 1.27. The van der Waals surface area contributed by atoms with Crippen LogP contribution in [0.25, 0.3) is 28.0 Å². The van der Waals surface area contributed by atoms with Gasteiger partial charge in [0.05, 0.1) is 11.1 Å². The summed E-state index contributed by atoms with van der Waals surface area (Å²) < 4.78 is 32.2. The summed E-state index contributed by atoms with van der Waals surface area (Å²) in [5.41, 5.74) is 7.47. The van der Waals surface area contributed by atoms with E-state index in [-0.39, 0.29) is 46.3 Å².